The molecular formula is C16H24N4. The Labute approximate surface area is 121 Å². The lowest BCUT2D eigenvalue weighted by atomic mass is 10.00. The molecule has 1 unspecified atom stereocenters. The summed E-state index contributed by atoms with van der Waals surface area (Å²) in [5.41, 5.74) is 2.71. The molecule has 0 saturated heterocycles. The van der Waals surface area contributed by atoms with Crippen LogP contribution in [0, 0.1) is 5.92 Å². The molecule has 2 rings (SSSR count). The molecule has 0 bridgehead atoms. The minimum absolute atomic E-state index is 0.305. The van der Waals surface area contributed by atoms with Crippen LogP contribution in [0.5, 0.6) is 0 Å². The summed E-state index contributed by atoms with van der Waals surface area (Å²) in [6, 6.07) is 9.20. The second-order valence-electron chi connectivity index (χ2n) is 5.80. The van der Waals surface area contributed by atoms with E-state index in [4.69, 9.17) is 0 Å². The third-order valence-electron chi connectivity index (χ3n) is 3.50. The predicted octanol–water partition coefficient (Wildman–Crippen LogP) is 2.86. The highest BCUT2D eigenvalue weighted by molar-refractivity contribution is 5.25. The molecule has 1 aromatic carbocycles. The first-order chi connectivity index (χ1) is 9.56. The van der Waals surface area contributed by atoms with E-state index in [9.17, 15) is 0 Å². The van der Waals surface area contributed by atoms with Gasteiger partial charge in [-0.3, -0.25) is 0 Å². The van der Waals surface area contributed by atoms with Crippen LogP contribution in [0.3, 0.4) is 0 Å². The zero-order chi connectivity index (χ0) is 14.5. The van der Waals surface area contributed by atoms with Gasteiger partial charge >= 0.3 is 0 Å². The molecule has 0 fully saturated rings. The summed E-state index contributed by atoms with van der Waals surface area (Å²) in [6.07, 6.45) is 2.86. The van der Waals surface area contributed by atoms with Crippen molar-refractivity contribution in [3.63, 3.8) is 0 Å². The van der Waals surface area contributed by atoms with Gasteiger partial charge in [-0.15, -0.1) is 10.2 Å². The molecule has 4 heteroatoms. The highest BCUT2D eigenvalue weighted by atomic mass is 15.3. The monoisotopic (exact) mass is 272 g/mol. The van der Waals surface area contributed by atoms with E-state index in [-0.39, 0.29) is 0 Å². The van der Waals surface area contributed by atoms with E-state index >= 15 is 0 Å². The van der Waals surface area contributed by atoms with Crippen LogP contribution in [0.4, 0.5) is 0 Å². The number of benzene rings is 1. The third-order valence-corrected chi connectivity index (χ3v) is 3.50. The maximum Gasteiger partial charge on any atom is 0.146 e. The number of hydrogen-bond acceptors (Lipinski definition) is 3. The van der Waals surface area contributed by atoms with Crippen molar-refractivity contribution in [3.05, 3.63) is 47.5 Å². The Kier molecular flexibility index (Phi) is 4.90. The van der Waals surface area contributed by atoms with Gasteiger partial charge in [-0.1, -0.05) is 38.1 Å². The Hall–Kier alpha value is -1.68. The molecule has 0 aliphatic rings. The summed E-state index contributed by atoms with van der Waals surface area (Å²) in [7, 11) is 1.96. The number of nitrogens with one attached hydrogen (secondary N) is 1. The SMILES string of the molecule is CC(C)Cc1ccc(C(C)NCc2nncn2C)cc1. The smallest absolute Gasteiger partial charge is 0.146 e. The molecule has 0 aliphatic heterocycles. The van der Waals surface area contributed by atoms with Crippen LogP contribution in [0.2, 0.25) is 0 Å². The summed E-state index contributed by atoms with van der Waals surface area (Å²) in [5.74, 6) is 1.65. The van der Waals surface area contributed by atoms with E-state index in [1.165, 1.54) is 11.1 Å². The van der Waals surface area contributed by atoms with Gasteiger partial charge in [0, 0.05) is 13.1 Å². The highest BCUT2D eigenvalue weighted by Crippen LogP contribution is 2.15. The maximum atomic E-state index is 4.08. The second-order valence-corrected chi connectivity index (χ2v) is 5.80. The van der Waals surface area contributed by atoms with Crippen LogP contribution in [0.25, 0.3) is 0 Å². The zero-order valence-corrected chi connectivity index (χ0v) is 12.8. The van der Waals surface area contributed by atoms with Crippen molar-refractivity contribution in [2.75, 3.05) is 0 Å². The van der Waals surface area contributed by atoms with Crippen molar-refractivity contribution < 1.29 is 0 Å². The maximum absolute atomic E-state index is 4.08. The normalized spacial score (nSPS) is 12.8. The zero-order valence-electron chi connectivity index (χ0n) is 12.8. The Balaban J connectivity index is 1.92. The molecule has 1 N–H and O–H groups in total. The Morgan fingerprint density at radius 3 is 2.40 bits per heavy atom. The average Bonchev–Trinajstić information content (AvgIpc) is 2.82. The van der Waals surface area contributed by atoms with Crippen molar-refractivity contribution in [2.24, 2.45) is 13.0 Å². The summed E-state index contributed by atoms with van der Waals surface area (Å²) in [4.78, 5) is 0. The fourth-order valence-corrected chi connectivity index (χ4v) is 2.24. The largest absolute Gasteiger partial charge is 0.320 e. The van der Waals surface area contributed by atoms with Gasteiger partial charge in [0.2, 0.25) is 0 Å². The first kappa shape index (κ1) is 14.7. The number of hydrogen-bond donors (Lipinski definition) is 1. The van der Waals surface area contributed by atoms with Crippen LogP contribution < -0.4 is 5.32 Å². The molecule has 20 heavy (non-hydrogen) atoms. The Morgan fingerprint density at radius 1 is 1.15 bits per heavy atom. The van der Waals surface area contributed by atoms with Crippen LogP contribution in [0.1, 0.15) is 43.8 Å². The van der Waals surface area contributed by atoms with Gasteiger partial charge in [0.1, 0.15) is 12.2 Å². The summed E-state index contributed by atoms with van der Waals surface area (Å²) >= 11 is 0. The van der Waals surface area contributed by atoms with Crippen molar-refractivity contribution in [3.8, 4) is 0 Å². The molecule has 0 aliphatic carbocycles. The molecule has 0 saturated carbocycles. The van der Waals surface area contributed by atoms with E-state index in [1.807, 2.05) is 11.6 Å². The van der Waals surface area contributed by atoms with Gasteiger partial charge < -0.3 is 9.88 Å². The van der Waals surface area contributed by atoms with E-state index < -0.39 is 0 Å². The van der Waals surface area contributed by atoms with E-state index in [0.29, 0.717) is 12.0 Å². The number of rotatable bonds is 6. The predicted molar refractivity (Wildman–Crippen MR) is 81.2 cm³/mol. The van der Waals surface area contributed by atoms with E-state index in [2.05, 4.69) is 60.6 Å². The molecule has 0 amide bonds. The van der Waals surface area contributed by atoms with E-state index in [0.717, 1.165) is 18.8 Å². The lowest BCUT2D eigenvalue weighted by Crippen LogP contribution is -2.20. The van der Waals surface area contributed by atoms with Gasteiger partial charge in [0.25, 0.3) is 0 Å². The molecule has 1 aromatic heterocycles. The molecule has 1 heterocycles. The lowest BCUT2D eigenvalue weighted by Gasteiger charge is -2.14. The third kappa shape index (κ3) is 3.90. The van der Waals surface area contributed by atoms with Gasteiger partial charge in [-0.05, 0) is 30.4 Å². The van der Waals surface area contributed by atoms with E-state index in [1.54, 1.807) is 6.33 Å². The lowest BCUT2D eigenvalue weighted by molar-refractivity contribution is 0.548. The van der Waals surface area contributed by atoms with Crippen molar-refractivity contribution in [1.82, 2.24) is 20.1 Å². The molecule has 108 valence electrons. The molecule has 2 aromatic rings. The molecule has 0 radical (unpaired) electrons. The minimum atomic E-state index is 0.305. The Bertz CT molecular complexity index is 528. The first-order valence-electron chi connectivity index (χ1n) is 7.21. The van der Waals surface area contributed by atoms with Crippen molar-refractivity contribution in [2.45, 2.75) is 39.8 Å². The number of aryl methyl sites for hydroxylation is 1. The van der Waals surface area contributed by atoms with Gasteiger partial charge in [-0.2, -0.15) is 0 Å². The van der Waals surface area contributed by atoms with Crippen LogP contribution in [-0.2, 0) is 20.0 Å². The van der Waals surface area contributed by atoms with Crippen LogP contribution >= 0.6 is 0 Å². The van der Waals surface area contributed by atoms with Crippen LogP contribution in [0.15, 0.2) is 30.6 Å². The fourth-order valence-electron chi connectivity index (χ4n) is 2.24. The average molecular weight is 272 g/mol. The summed E-state index contributed by atoms with van der Waals surface area (Å²) in [6.45, 7) is 7.40. The van der Waals surface area contributed by atoms with Gasteiger partial charge in [-0.25, -0.2) is 0 Å². The fraction of sp³-hybridized carbons (Fsp3) is 0.500. The second kappa shape index (κ2) is 6.66. The summed E-state index contributed by atoms with van der Waals surface area (Å²) in [5, 5.41) is 11.4. The van der Waals surface area contributed by atoms with Gasteiger partial charge in [0.05, 0.1) is 6.54 Å². The minimum Gasteiger partial charge on any atom is -0.320 e. The quantitative estimate of drug-likeness (QED) is 0.879. The first-order valence-corrected chi connectivity index (χ1v) is 7.21. The number of aromatic nitrogens is 3. The van der Waals surface area contributed by atoms with Crippen molar-refractivity contribution in [1.29, 1.82) is 0 Å². The molecule has 1 atom stereocenters. The van der Waals surface area contributed by atoms with Crippen LogP contribution in [-0.4, -0.2) is 14.8 Å². The van der Waals surface area contributed by atoms with Crippen molar-refractivity contribution >= 4 is 0 Å². The number of nitrogens with zero attached hydrogens (tertiary/aromatic N) is 3. The molecular weight excluding hydrogens is 248 g/mol. The highest BCUT2D eigenvalue weighted by Gasteiger charge is 2.07. The van der Waals surface area contributed by atoms with Gasteiger partial charge in [0.15, 0.2) is 0 Å². The standard InChI is InChI=1S/C16H24N4/c1-12(2)9-14-5-7-15(8-6-14)13(3)17-10-16-19-18-11-20(16)4/h5-8,11-13,17H,9-10H2,1-4H3. The molecule has 0 spiro atoms. The topological polar surface area (TPSA) is 42.7 Å². The summed E-state index contributed by atoms with van der Waals surface area (Å²) < 4.78 is 1.94. The molecule has 4 nitrogen and oxygen atoms in total. The Morgan fingerprint density at radius 2 is 1.85 bits per heavy atom.